The van der Waals surface area contributed by atoms with Gasteiger partial charge in [0.1, 0.15) is 18.4 Å². The monoisotopic (exact) mass is 495 g/mol. The molecule has 0 unspecified atom stereocenters. The molecule has 35 heavy (non-hydrogen) atoms. The molecule has 2 heterocycles. The van der Waals surface area contributed by atoms with Crippen LogP contribution in [0.3, 0.4) is 0 Å². The summed E-state index contributed by atoms with van der Waals surface area (Å²) in [7, 11) is 0. The van der Waals surface area contributed by atoms with Crippen LogP contribution in [0.15, 0.2) is 66.9 Å². The van der Waals surface area contributed by atoms with Crippen LogP contribution in [0.5, 0.6) is 0 Å². The molecular weight excluding hydrogens is 465 g/mol. The Balaban J connectivity index is 1.78. The van der Waals surface area contributed by atoms with E-state index < -0.39 is 11.5 Å². The Kier molecular flexibility index (Phi) is 7.31. The predicted molar refractivity (Wildman–Crippen MR) is 137 cm³/mol. The van der Waals surface area contributed by atoms with Crippen molar-refractivity contribution in [2.75, 3.05) is 23.9 Å². The number of carbonyl (C=O) groups is 2. The number of benzene rings is 2. The Bertz CT molecular complexity index is 1200. The van der Waals surface area contributed by atoms with Crippen LogP contribution >= 0.6 is 11.6 Å². The van der Waals surface area contributed by atoms with Crippen molar-refractivity contribution in [2.24, 2.45) is 5.41 Å². The number of para-hydroxylation sites is 2. The average Bonchev–Trinajstić information content (AvgIpc) is 3.35. The van der Waals surface area contributed by atoms with Crippen LogP contribution in [0, 0.1) is 11.2 Å². The lowest BCUT2D eigenvalue weighted by molar-refractivity contribution is -0.142. The van der Waals surface area contributed by atoms with Gasteiger partial charge in [0.05, 0.1) is 22.5 Å². The average molecular weight is 496 g/mol. The molecule has 4 rings (SSSR count). The van der Waals surface area contributed by atoms with E-state index in [4.69, 9.17) is 11.6 Å². The van der Waals surface area contributed by atoms with E-state index in [0.29, 0.717) is 6.54 Å². The van der Waals surface area contributed by atoms with Crippen LogP contribution in [0.2, 0.25) is 0 Å². The molecule has 1 aromatic heterocycles. The number of amides is 2. The van der Waals surface area contributed by atoms with Gasteiger partial charge in [-0.2, -0.15) is 0 Å². The molecular formula is C28H31ClFN3O2. The quantitative estimate of drug-likeness (QED) is 0.363. The Hall–Kier alpha value is -3.12. The van der Waals surface area contributed by atoms with Gasteiger partial charge in [0.2, 0.25) is 11.8 Å². The van der Waals surface area contributed by atoms with Gasteiger partial charge in [0.15, 0.2) is 0 Å². The molecule has 1 aliphatic rings. The molecule has 1 atom stereocenters. The smallest absolute Gasteiger partial charge is 0.247 e. The van der Waals surface area contributed by atoms with Gasteiger partial charge >= 0.3 is 0 Å². The fourth-order valence-electron chi connectivity index (χ4n) is 4.55. The summed E-state index contributed by atoms with van der Waals surface area (Å²) in [6, 6.07) is 17.4. The van der Waals surface area contributed by atoms with E-state index in [2.05, 4.69) is 11.5 Å². The summed E-state index contributed by atoms with van der Waals surface area (Å²) < 4.78 is 15.8. The Morgan fingerprint density at radius 3 is 2.37 bits per heavy atom. The number of fused-ring (bicyclic) bond motifs is 3. The van der Waals surface area contributed by atoms with E-state index in [1.165, 1.54) is 12.1 Å². The molecule has 0 spiro atoms. The maximum atomic E-state index is 14.1. The zero-order valence-corrected chi connectivity index (χ0v) is 21.1. The van der Waals surface area contributed by atoms with Gasteiger partial charge in [-0.05, 0) is 62.2 Å². The Labute approximate surface area is 211 Å². The predicted octanol–water partition coefficient (Wildman–Crippen LogP) is 5.95. The second-order valence-corrected chi connectivity index (χ2v) is 9.87. The van der Waals surface area contributed by atoms with E-state index in [9.17, 15) is 14.0 Å². The third-order valence-electron chi connectivity index (χ3n) is 6.48. The van der Waals surface area contributed by atoms with Crippen LogP contribution < -0.4 is 4.90 Å². The first-order valence-electron chi connectivity index (χ1n) is 12.0. The number of aromatic nitrogens is 1. The first kappa shape index (κ1) is 25.0. The summed E-state index contributed by atoms with van der Waals surface area (Å²) in [5.41, 5.74) is 2.54. The number of unbranched alkanes of at least 4 members (excludes halogenated alkanes) is 1. The van der Waals surface area contributed by atoms with Crippen molar-refractivity contribution in [3.8, 4) is 5.69 Å². The van der Waals surface area contributed by atoms with Crippen molar-refractivity contribution in [3.63, 3.8) is 0 Å². The third kappa shape index (κ3) is 4.85. The molecule has 2 amide bonds. The number of rotatable bonds is 8. The zero-order valence-electron chi connectivity index (χ0n) is 20.4. The molecule has 2 aromatic carbocycles. The molecule has 5 nitrogen and oxygen atoms in total. The lowest BCUT2D eigenvalue weighted by Crippen LogP contribution is -2.50. The summed E-state index contributed by atoms with van der Waals surface area (Å²) in [5.74, 6) is -0.505. The van der Waals surface area contributed by atoms with E-state index in [1.807, 2.05) is 42.6 Å². The molecule has 0 aliphatic carbocycles. The van der Waals surface area contributed by atoms with Crippen LogP contribution in [0.4, 0.5) is 10.1 Å². The standard InChI is InChI=1S/C28H31ClFN3O2/c1-4-5-16-31(27(35)28(2,3)19-29)18-25(34)33-23-10-7-6-9-22(23)32-17-8-11-24(32)26(33)20-12-14-21(30)15-13-20/h6-15,17,26H,4-5,16,18-19H2,1-3H3/t26-/m0/s1. The minimum atomic E-state index is -0.777. The van der Waals surface area contributed by atoms with Crippen molar-refractivity contribution in [2.45, 2.75) is 39.7 Å². The number of carbonyl (C=O) groups excluding carboxylic acids is 2. The van der Waals surface area contributed by atoms with Gasteiger partial charge in [-0.3, -0.25) is 14.5 Å². The Morgan fingerprint density at radius 2 is 1.71 bits per heavy atom. The van der Waals surface area contributed by atoms with Crippen LogP contribution in [-0.4, -0.2) is 40.3 Å². The highest BCUT2D eigenvalue weighted by Crippen LogP contribution is 2.42. The highest BCUT2D eigenvalue weighted by atomic mass is 35.5. The molecule has 0 radical (unpaired) electrons. The van der Waals surface area contributed by atoms with Crippen LogP contribution in [0.1, 0.15) is 50.9 Å². The number of alkyl halides is 1. The SMILES string of the molecule is CCCCN(CC(=O)N1c2ccccc2-n2cccc2[C@@H]1c1ccc(F)cc1)C(=O)C(C)(C)CCl. The number of hydrogen-bond donors (Lipinski definition) is 0. The Morgan fingerprint density at radius 1 is 1.03 bits per heavy atom. The zero-order chi connectivity index (χ0) is 25.2. The first-order valence-corrected chi connectivity index (χ1v) is 12.5. The summed E-state index contributed by atoms with van der Waals surface area (Å²) in [6.07, 6.45) is 3.66. The van der Waals surface area contributed by atoms with Gasteiger partial charge < -0.3 is 9.47 Å². The van der Waals surface area contributed by atoms with E-state index in [1.54, 1.807) is 35.8 Å². The minimum absolute atomic E-state index is 0.0636. The molecule has 3 aromatic rings. The van der Waals surface area contributed by atoms with Gasteiger partial charge in [-0.1, -0.05) is 37.6 Å². The normalized spacial score (nSPS) is 14.9. The van der Waals surface area contributed by atoms with E-state index >= 15 is 0 Å². The molecule has 7 heteroatoms. The van der Waals surface area contributed by atoms with Gasteiger partial charge in [0, 0.05) is 18.6 Å². The fraction of sp³-hybridized carbons (Fsp3) is 0.357. The lowest BCUT2D eigenvalue weighted by Gasteiger charge is -2.40. The molecule has 0 fully saturated rings. The van der Waals surface area contributed by atoms with Crippen LogP contribution in [-0.2, 0) is 9.59 Å². The molecule has 184 valence electrons. The van der Waals surface area contributed by atoms with Crippen molar-refractivity contribution in [1.29, 1.82) is 0 Å². The second-order valence-electron chi connectivity index (χ2n) is 9.61. The molecule has 0 bridgehead atoms. The van der Waals surface area contributed by atoms with Crippen molar-refractivity contribution in [3.05, 3.63) is 83.9 Å². The topological polar surface area (TPSA) is 45.6 Å². The summed E-state index contributed by atoms with van der Waals surface area (Å²) in [5, 5.41) is 0. The summed E-state index contributed by atoms with van der Waals surface area (Å²) in [6.45, 7) is 6.07. The van der Waals surface area contributed by atoms with Gasteiger partial charge in [0.25, 0.3) is 0 Å². The minimum Gasteiger partial charge on any atom is -0.333 e. The lowest BCUT2D eigenvalue weighted by atomic mass is 9.94. The maximum absolute atomic E-state index is 14.1. The van der Waals surface area contributed by atoms with Crippen molar-refractivity contribution >= 4 is 29.1 Å². The van der Waals surface area contributed by atoms with E-state index in [0.717, 1.165) is 35.5 Å². The maximum Gasteiger partial charge on any atom is 0.247 e. The fourth-order valence-corrected chi connectivity index (χ4v) is 4.66. The number of anilines is 1. The number of nitrogens with zero attached hydrogens (tertiary/aromatic N) is 3. The summed E-state index contributed by atoms with van der Waals surface area (Å²) in [4.78, 5) is 30.8. The largest absolute Gasteiger partial charge is 0.333 e. The van der Waals surface area contributed by atoms with Crippen LogP contribution in [0.25, 0.3) is 5.69 Å². The number of hydrogen-bond acceptors (Lipinski definition) is 2. The van der Waals surface area contributed by atoms with Gasteiger partial charge in [-0.15, -0.1) is 11.6 Å². The highest BCUT2D eigenvalue weighted by molar-refractivity contribution is 6.20. The summed E-state index contributed by atoms with van der Waals surface area (Å²) >= 11 is 6.10. The molecule has 0 saturated heterocycles. The molecule has 1 aliphatic heterocycles. The highest BCUT2D eigenvalue weighted by Gasteiger charge is 2.38. The first-order chi connectivity index (χ1) is 16.8. The van der Waals surface area contributed by atoms with Crippen molar-refractivity contribution in [1.82, 2.24) is 9.47 Å². The van der Waals surface area contributed by atoms with Crippen molar-refractivity contribution < 1.29 is 14.0 Å². The van der Waals surface area contributed by atoms with Gasteiger partial charge in [-0.25, -0.2) is 4.39 Å². The third-order valence-corrected chi connectivity index (χ3v) is 7.15. The number of halogens is 2. The second kappa shape index (κ2) is 10.2. The molecule has 0 N–H and O–H groups in total. The van der Waals surface area contributed by atoms with E-state index in [-0.39, 0.29) is 30.1 Å². The molecule has 0 saturated carbocycles.